The first-order valence-electron chi connectivity index (χ1n) is 4.46. The van der Waals surface area contributed by atoms with Crippen molar-refractivity contribution < 1.29 is 13.7 Å². The minimum atomic E-state index is -1.07. The summed E-state index contributed by atoms with van der Waals surface area (Å²) in [5.74, 6) is 0.575. The van der Waals surface area contributed by atoms with Crippen molar-refractivity contribution in [1.29, 1.82) is 0 Å². The van der Waals surface area contributed by atoms with E-state index in [2.05, 4.69) is 0 Å². The van der Waals surface area contributed by atoms with Crippen LogP contribution in [0.1, 0.15) is 27.7 Å². The second-order valence-electron chi connectivity index (χ2n) is 3.68. The second-order valence-corrected chi connectivity index (χ2v) is 5.18. The number of carbonyl (C=O) groups excluding carboxylic acids is 1. The molecular formula is C9H18O3S. The highest BCUT2D eigenvalue weighted by atomic mass is 32.2. The van der Waals surface area contributed by atoms with Crippen LogP contribution in [0.25, 0.3) is 0 Å². The van der Waals surface area contributed by atoms with Crippen molar-refractivity contribution in [2.24, 2.45) is 5.92 Å². The molecule has 1 unspecified atom stereocenters. The summed E-state index contributed by atoms with van der Waals surface area (Å²) in [7, 11) is -1.07. The van der Waals surface area contributed by atoms with Crippen molar-refractivity contribution in [1.82, 2.24) is 0 Å². The predicted octanol–water partition coefficient (Wildman–Crippen LogP) is 1.34. The van der Waals surface area contributed by atoms with Crippen molar-refractivity contribution in [3.05, 3.63) is 0 Å². The monoisotopic (exact) mass is 206 g/mol. The van der Waals surface area contributed by atoms with Gasteiger partial charge in [-0.25, -0.2) is 0 Å². The van der Waals surface area contributed by atoms with Gasteiger partial charge in [-0.05, 0) is 19.8 Å². The minimum absolute atomic E-state index is 0.0242. The molecule has 0 radical (unpaired) electrons. The van der Waals surface area contributed by atoms with E-state index in [-0.39, 0.29) is 17.8 Å². The molecule has 0 N–H and O–H groups in total. The van der Waals surface area contributed by atoms with Crippen LogP contribution in [-0.4, -0.2) is 27.8 Å². The fraction of sp³-hybridized carbons (Fsp3) is 0.889. The Labute approximate surface area is 82.3 Å². The first-order chi connectivity index (χ1) is 5.91. The Morgan fingerprint density at radius 3 is 2.23 bits per heavy atom. The first kappa shape index (κ1) is 12.6. The van der Waals surface area contributed by atoms with E-state index in [4.69, 9.17) is 4.74 Å². The van der Waals surface area contributed by atoms with E-state index < -0.39 is 10.8 Å². The Balaban J connectivity index is 3.72. The van der Waals surface area contributed by atoms with E-state index in [1.807, 2.05) is 13.8 Å². The van der Waals surface area contributed by atoms with E-state index in [0.717, 1.165) is 0 Å². The van der Waals surface area contributed by atoms with Crippen LogP contribution in [0.4, 0.5) is 0 Å². The molecule has 1 atom stereocenters. The maximum Gasteiger partial charge on any atom is 0.318 e. The highest BCUT2D eigenvalue weighted by Crippen LogP contribution is 1.98. The molecule has 78 valence electrons. The molecule has 0 saturated carbocycles. The molecule has 0 aromatic carbocycles. The molecule has 0 aromatic heterocycles. The normalized spacial score (nSPS) is 13.4. The maximum absolute atomic E-state index is 11.3. The van der Waals surface area contributed by atoms with Crippen molar-refractivity contribution in [3.63, 3.8) is 0 Å². The first-order valence-corrected chi connectivity index (χ1v) is 5.95. The largest absolute Gasteiger partial charge is 0.462 e. The highest BCUT2D eigenvalue weighted by molar-refractivity contribution is 7.85. The molecule has 0 fully saturated rings. The molecule has 0 aliphatic carbocycles. The van der Waals surface area contributed by atoms with Crippen molar-refractivity contribution >= 4 is 16.8 Å². The summed E-state index contributed by atoms with van der Waals surface area (Å²) in [5.41, 5.74) is 0. The zero-order valence-corrected chi connectivity index (χ0v) is 9.52. The van der Waals surface area contributed by atoms with Crippen LogP contribution < -0.4 is 0 Å². The van der Waals surface area contributed by atoms with Crippen LogP contribution in [0, 0.1) is 5.92 Å². The third-order valence-electron chi connectivity index (χ3n) is 1.17. The Kier molecular flexibility index (Phi) is 5.95. The number of rotatable bonds is 5. The quantitative estimate of drug-likeness (QED) is 0.638. The van der Waals surface area contributed by atoms with Gasteiger partial charge in [0.25, 0.3) is 0 Å². The topological polar surface area (TPSA) is 43.4 Å². The van der Waals surface area contributed by atoms with Gasteiger partial charge >= 0.3 is 5.97 Å². The van der Waals surface area contributed by atoms with E-state index in [0.29, 0.717) is 11.7 Å². The molecule has 0 saturated heterocycles. The fourth-order valence-electron chi connectivity index (χ4n) is 0.859. The van der Waals surface area contributed by atoms with Gasteiger partial charge in [0.15, 0.2) is 0 Å². The summed E-state index contributed by atoms with van der Waals surface area (Å²) in [6.45, 7) is 7.52. The maximum atomic E-state index is 11.3. The lowest BCUT2D eigenvalue weighted by atomic mass is 10.3. The summed E-state index contributed by atoms with van der Waals surface area (Å²) in [4.78, 5) is 11.0. The van der Waals surface area contributed by atoms with Crippen molar-refractivity contribution in [2.75, 3.05) is 11.5 Å². The van der Waals surface area contributed by atoms with Crippen molar-refractivity contribution in [3.8, 4) is 0 Å². The van der Waals surface area contributed by atoms with Gasteiger partial charge in [0, 0.05) is 16.6 Å². The Morgan fingerprint density at radius 1 is 1.31 bits per heavy atom. The Hall–Kier alpha value is -0.380. The van der Waals surface area contributed by atoms with Crippen LogP contribution >= 0.6 is 0 Å². The molecule has 3 nitrogen and oxygen atoms in total. The lowest BCUT2D eigenvalue weighted by Gasteiger charge is -2.08. The number of carbonyl (C=O) groups is 1. The number of ether oxygens (including phenoxy) is 1. The average molecular weight is 206 g/mol. The zero-order chi connectivity index (χ0) is 10.4. The van der Waals surface area contributed by atoms with Crippen LogP contribution in [-0.2, 0) is 20.3 Å². The Bertz CT molecular complexity index is 167. The third kappa shape index (κ3) is 7.96. The standard InChI is InChI=1S/C9H18O3S/c1-7(2)5-13(11)6-9(10)12-8(3)4/h7-8H,5-6H2,1-4H3. The predicted molar refractivity (Wildman–Crippen MR) is 53.9 cm³/mol. The van der Waals surface area contributed by atoms with Crippen molar-refractivity contribution in [2.45, 2.75) is 33.8 Å². The van der Waals surface area contributed by atoms with Crippen LogP contribution in [0.2, 0.25) is 0 Å². The summed E-state index contributed by atoms with van der Waals surface area (Å²) >= 11 is 0. The Morgan fingerprint density at radius 2 is 1.85 bits per heavy atom. The van der Waals surface area contributed by atoms with E-state index in [1.54, 1.807) is 13.8 Å². The summed E-state index contributed by atoms with van der Waals surface area (Å²) in [6.07, 6.45) is -0.122. The van der Waals surface area contributed by atoms with E-state index >= 15 is 0 Å². The molecule has 0 rings (SSSR count). The van der Waals surface area contributed by atoms with Crippen LogP contribution in [0.15, 0.2) is 0 Å². The van der Waals surface area contributed by atoms with Gasteiger partial charge in [-0.2, -0.15) is 0 Å². The third-order valence-corrected chi connectivity index (χ3v) is 2.76. The van der Waals surface area contributed by atoms with Crippen LogP contribution in [0.3, 0.4) is 0 Å². The van der Waals surface area contributed by atoms with Gasteiger partial charge in [-0.15, -0.1) is 0 Å². The van der Waals surface area contributed by atoms with Gasteiger partial charge < -0.3 is 4.74 Å². The van der Waals surface area contributed by atoms with Gasteiger partial charge in [0.1, 0.15) is 5.75 Å². The fourth-order valence-corrected chi connectivity index (χ4v) is 2.05. The molecule has 0 aromatic rings. The number of hydrogen-bond acceptors (Lipinski definition) is 3. The molecular weight excluding hydrogens is 188 g/mol. The molecule has 0 aliphatic heterocycles. The average Bonchev–Trinajstić information content (AvgIpc) is 1.80. The second kappa shape index (κ2) is 6.13. The summed E-state index contributed by atoms with van der Waals surface area (Å²) in [5, 5.41) is 0. The van der Waals surface area contributed by atoms with Gasteiger partial charge in [-0.3, -0.25) is 9.00 Å². The lowest BCUT2D eigenvalue weighted by Crippen LogP contribution is -2.20. The number of hydrogen-bond donors (Lipinski definition) is 0. The van der Waals surface area contributed by atoms with E-state index in [9.17, 15) is 9.00 Å². The molecule has 13 heavy (non-hydrogen) atoms. The number of esters is 1. The lowest BCUT2D eigenvalue weighted by molar-refractivity contribution is -0.144. The molecule has 0 heterocycles. The summed E-state index contributed by atoms with van der Waals surface area (Å²) in [6, 6.07) is 0. The zero-order valence-electron chi connectivity index (χ0n) is 8.70. The van der Waals surface area contributed by atoms with Crippen LogP contribution in [0.5, 0.6) is 0 Å². The molecule has 0 spiro atoms. The smallest absolute Gasteiger partial charge is 0.318 e. The summed E-state index contributed by atoms with van der Waals surface area (Å²) < 4.78 is 16.1. The molecule has 0 aliphatic rings. The van der Waals surface area contributed by atoms with Gasteiger partial charge in [0.05, 0.1) is 6.10 Å². The highest BCUT2D eigenvalue weighted by Gasteiger charge is 2.11. The molecule has 4 heteroatoms. The molecule has 0 bridgehead atoms. The SMILES string of the molecule is CC(C)CS(=O)CC(=O)OC(C)C. The van der Waals surface area contributed by atoms with Gasteiger partial charge in [0.2, 0.25) is 0 Å². The minimum Gasteiger partial charge on any atom is -0.462 e. The molecule has 0 amide bonds. The van der Waals surface area contributed by atoms with E-state index in [1.165, 1.54) is 0 Å². The van der Waals surface area contributed by atoms with Gasteiger partial charge in [-0.1, -0.05) is 13.8 Å².